The number of nitrogens with one attached hydrogen (secondary N) is 1. The zero-order valence-electron chi connectivity index (χ0n) is 11.5. The van der Waals surface area contributed by atoms with Gasteiger partial charge < -0.3 is 10.4 Å². The molecule has 0 saturated carbocycles. The van der Waals surface area contributed by atoms with Crippen LogP contribution in [0.2, 0.25) is 0 Å². The molecule has 1 aliphatic rings. The third-order valence-electron chi connectivity index (χ3n) is 3.35. The fourth-order valence-electron chi connectivity index (χ4n) is 2.21. The Labute approximate surface area is 118 Å². The van der Waals surface area contributed by atoms with E-state index in [4.69, 9.17) is 5.11 Å². The molecule has 2 rings (SSSR count). The normalized spacial score (nSPS) is 17.8. The molecule has 2 heterocycles. The first-order chi connectivity index (χ1) is 9.33. The first kappa shape index (κ1) is 14.6. The first-order valence-electron chi connectivity index (χ1n) is 6.94. The van der Waals surface area contributed by atoms with Gasteiger partial charge in [-0.05, 0) is 6.42 Å². The van der Waals surface area contributed by atoms with Gasteiger partial charge in [0.2, 0.25) is 0 Å². The maximum Gasteiger partial charge on any atom is 0.134 e. The van der Waals surface area contributed by atoms with Crippen LogP contribution in [0, 0.1) is 0 Å². The molecule has 1 fully saturated rings. The Bertz CT molecular complexity index is 365. The maximum absolute atomic E-state index is 8.93. The molecule has 108 valence electrons. The van der Waals surface area contributed by atoms with E-state index in [0.717, 1.165) is 62.9 Å². The highest BCUT2D eigenvalue weighted by atomic mass is 32.1. The van der Waals surface area contributed by atoms with E-state index < -0.39 is 0 Å². The Hall–Kier alpha value is -0.760. The SMILES string of the molecule is CCCNc1snnc1CN1CCN(CCO)CC1. The number of rotatable bonds is 7. The topological polar surface area (TPSA) is 64.5 Å². The van der Waals surface area contributed by atoms with Crippen LogP contribution in [0.4, 0.5) is 5.00 Å². The van der Waals surface area contributed by atoms with Gasteiger partial charge in [0.25, 0.3) is 0 Å². The number of piperazine rings is 1. The summed E-state index contributed by atoms with van der Waals surface area (Å²) >= 11 is 1.44. The molecule has 1 aromatic heterocycles. The Kier molecular flexibility index (Phi) is 5.96. The number of aliphatic hydroxyl groups excluding tert-OH is 1. The summed E-state index contributed by atoms with van der Waals surface area (Å²) in [5.41, 5.74) is 1.06. The largest absolute Gasteiger partial charge is 0.395 e. The van der Waals surface area contributed by atoms with Gasteiger partial charge in [-0.25, -0.2) is 0 Å². The van der Waals surface area contributed by atoms with Gasteiger partial charge in [0.15, 0.2) is 0 Å². The lowest BCUT2D eigenvalue weighted by Gasteiger charge is -2.33. The maximum atomic E-state index is 8.93. The molecule has 1 aromatic rings. The Morgan fingerprint density at radius 3 is 2.68 bits per heavy atom. The smallest absolute Gasteiger partial charge is 0.134 e. The van der Waals surface area contributed by atoms with E-state index in [-0.39, 0.29) is 6.61 Å². The lowest BCUT2D eigenvalue weighted by Crippen LogP contribution is -2.46. The second-order valence-electron chi connectivity index (χ2n) is 4.82. The van der Waals surface area contributed by atoms with E-state index >= 15 is 0 Å². The van der Waals surface area contributed by atoms with Crippen LogP contribution in [-0.4, -0.2) is 70.4 Å². The molecule has 0 spiro atoms. The Balaban J connectivity index is 1.80. The third-order valence-corrected chi connectivity index (χ3v) is 4.07. The lowest BCUT2D eigenvalue weighted by molar-refractivity contribution is 0.108. The molecule has 0 amide bonds. The fourth-order valence-corrected chi connectivity index (χ4v) is 2.81. The number of hydrogen-bond acceptors (Lipinski definition) is 7. The van der Waals surface area contributed by atoms with Crippen molar-refractivity contribution in [2.75, 3.05) is 51.2 Å². The number of aliphatic hydroxyl groups is 1. The van der Waals surface area contributed by atoms with Gasteiger partial charge in [-0.2, -0.15) is 0 Å². The van der Waals surface area contributed by atoms with Crippen molar-refractivity contribution >= 4 is 16.5 Å². The van der Waals surface area contributed by atoms with Gasteiger partial charge in [-0.3, -0.25) is 9.80 Å². The highest BCUT2D eigenvalue weighted by Gasteiger charge is 2.18. The highest BCUT2D eigenvalue weighted by molar-refractivity contribution is 7.10. The molecule has 0 unspecified atom stereocenters. The van der Waals surface area contributed by atoms with Crippen LogP contribution >= 0.6 is 11.5 Å². The number of hydrogen-bond donors (Lipinski definition) is 2. The van der Waals surface area contributed by atoms with Gasteiger partial charge in [0.1, 0.15) is 10.7 Å². The van der Waals surface area contributed by atoms with E-state index in [1.54, 1.807) is 0 Å². The lowest BCUT2D eigenvalue weighted by atomic mass is 10.3. The van der Waals surface area contributed by atoms with E-state index in [2.05, 4.69) is 31.6 Å². The molecule has 0 bridgehead atoms. The third kappa shape index (κ3) is 4.38. The molecule has 2 N–H and O–H groups in total. The molecule has 19 heavy (non-hydrogen) atoms. The molecule has 0 atom stereocenters. The van der Waals surface area contributed by atoms with Crippen LogP contribution in [0.1, 0.15) is 19.0 Å². The summed E-state index contributed by atoms with van der Waals surface area (Å²) in [6.45, 7) is 9.15. The predicted molar refractivity (Wildman–Crippen MR) is 77.5 cm³/mol. The zero-order valence-corrected chi connectivity index (χ0v) is 12.3. The summed E-state index contributed by atoms with van der Waals surface area (Å²) < 4.78 is 4.04. The van der Waals surface area contributed by atoms with E-state index in [1.165, 1.54) is 11.5 Å². The number of nitrogens with zero attached hydrogens (tertiary/aromatic N) is 4. The minimum Gasteiger partial charge on any atom is -0.395 e. The van der Waals surface area contributed by atoms with Gasteiger partial charge in [-0.15, -0.1) is 5.10 Å². The molecule has 1 aliphatic heterocycles. The monoisotopic (exact) mass is 285 g/mol. The van der Waals surface area contributed by atoms with Crippen molar-refractivity contribution in [2.24, 2.45) is 0 Å². The average Bonchev–Trinajstić information content (AvgIpc) is 2.86. The molecule has 0 radical (unpaired) electrons. The Morgan fingerprint density at radius 2 is 2.00 bits per heavy atom. The summed E-state index contributed by atoms with van der Waals surface area (Å²) in [4.78, 5) is 4.70. The summed E-state index contributed by atoms with van der Waals surface area (Å²) in [7, 11) is 0. The van der Waals surface area contributed by atoms with Crippen molar-refractivity contribution in [1.82, 2.24) is 19.4 Å². The molecule has 1 saturated heterocycles. The van der Waals surface area contributed by atoms with Crippen LogP contribution < -0.4 is 5.32 Å². The van der Waals surface area contributed by atoms with Crippen molar-refractivity contribution in [2.45, 2.75) is 19.9 Å². The predicted octanol–water partition coefficient (Wildman–Crippen LogP) is 0.470. The first-order valence-corrected chi connectivity index (χ1v) is 7.71. The van der Waals surface area contributed by atoms with Crippen molar-refractivity contribution < 1.29 is 5.11 Å². The summed E-state index contributed by atoms with van der Waals surface area (Å²) in [6.07, 6.45) is 1.11. The fraction of sp³-hybridized carbons (Fsp3) is 0.833. The van der Waals surface area contributed by atoms with Gasteiger partial charge in [-0.1, -0.05) is 11.4 Å². The standard InChI is InChI=1S/C12H23N5OS/c1-2-3-13-12-11(14-15-19-12)10-17-6-4-16(5-7-17)8-9-18/h13,18H,2-10H2,1H3. The van der Waals surface area contributed by atoms with Crippen LogP contribution in [0.15, 0.2) is 0 Å². The van der Waals surface area contributed by atoms with Gasteiger partial charge >= 0.3 is 0 Å². The number of β-amino-alcohol motifs (C(OH)–C–C–N with tert-alkyl or cyclic N) is 1. The van der Waals surface area contributed by atoms with Crippen molar-refractivity contribution in [3.8, 4) is 0 Å². The molecule has 0 aromatic carbocycles. The molecular formula is C12H23N5OS. The van der Waals surface area contributed by atoms with E-state index in [1.807, 2.05) is 0 Å². The van der Waals surface area contributed by atoms with Crippen molar-refractivity contribution in [1.29, 1.82) is 0 Å². The van der Waals surface area contributed by atoms with E-state index in [0.29, 0.717) is 0 Å². The minimum atomic E-state index is 0.251. The summed E-state index contributed by atoms with van der Waals surface area (Å²) in [6, 6.07) is 0. The van der Waals surface area contributed by atoms with Crippen LogP contribution in [0.25, 0.3) is 0 Å². The van der Waals surface area contributed by atoms with Crippen LogP contribution in [0.3, 0.4) is 0 Å². The van der Waals surface area contributed by atoms with Gasteiger partial charge in [0, 0.05) is 57.3 Å². The van der Waals surface area contributed by atoms with Crippen molar-refractivity contribution in [3.05, 3.63) is 5.69 Å². The second kappa shape index (κ2) is 7.74. The molecule has 6 nitrogen and oxygen atoms in total. The highest BCUT2D eigenvalue weighted by Crippen LogP contribution is 2.19. The minimum absolute atomic E-state index is 0.251. The summed E-state index contributed by atoms with van der Waals surface area (Å²) in [5.74, 6) is 0. The molecule has 7 heteroatoms. The molecule has 0 aliphatic carbocycles. The van der Waals surface area contributed by atoms with Crippen LogP contribution in [0.5, 0.6) is 0 Å². The summed E-state index contributed by atoms with van der Waals surface area (Å²) in [5, 5.41) is 17.7. The average molecular weight is 285 g/mol. The zero-order chi connectivity index (χ0) is 13.5. The number of aromatic nitrogens is 2. The van der Waals surface area contributed by atoms with E-state index in [9.17, 15) is 0 Å². The van der Waals surface area contributed by atoms with Crippen molar-refractivity contribution in [3.63, 3.8) is 0 Å². The quantitative estimate of drug-likeness (QED) is 0.759. The second-order valence-corrected chi connectivity index (χ2v) is 5.57. The van der Waals surface area contributed by atoms with Gasteiger partial charge in [0.05, 0.1) is 6.61 Å². The Morgan fingerprint density at radius 1 is 1.26 bits per heavy atom. The molecular weight excluding hydrogens is 262 g/mol. The van der Waals surface area contributed by atoms with Crippen LogP contribution in [-0.2, 0) is 6.54 Å². The number of anilines is 1.